The molecule has 0 unspecified atom stereocenters. The van der Waals surface area contributed by atoms with Crippen LogP contribution in [-0.2, 0) is 21.3 Å². The number of nitrogens with one attached hydrogen (secondary N) is 1. The van der Waals surface area contributed by atoms with Gasteiger partial charge in [0.1, 0.15) is 29.0 Å². The van der Waals surface area contributed by atoms with Crippen LogP contribution in [0.5, 0.6) is 5.88 Å². The predicted octanol–water partition coefficient (Wildman–Crippen LogP) is 2.78. The minimum atomic E-state index is -4.07. The number of anilines is 1. The number of aryl methyl sites for hydroxylation is 1. The van der Waals surface area contributed by atoms with Crippen LogP contribution in [0.15, 0.2) is 47.4 Å². The summed E-state index contributed by atoms with van der Waals surface area (Å²) in [5.41, 5.74) is 1.81. The molecule has 2 atom stereocenters. The fourth-order valence-electron chi connectivity index (χ4n) is 3.46. The standard InChI is InChI=1S/C23H28N8O5S/c1-14(2)36-20(21-24-11-15(3)12-25-21)16(4)37(32,33)30-23-28-27-22(18-7-6-8-19(26-18)34-5)31(23)13-17-9-10-35-29-17/h6-12,14,16,20H,13H2,1-5H3,(H,28,30)/t16-,20+/m0/s1. The molecule has 13 nitrogen and oxygen atoms in total. The number of nitrogens with zero attached hydrogens (tertiary/aromatic N) is 7. The third kappa shape index (κ3) is 6.09. The molecule has 196 valence electrons. The molecule has 0 aliphatic heterocycles. The van der Waals surface area contributed by atoms with E-state index in [4.69, 9.17) is 14.0 Å². The van der Waals surface area contributed by atoms with Gasteiger partial charge in [-0.05, 0) is 39.3 Å². The molecule has 4 aromatic rings. The molecule has 0 bridgehead atoms. The van der Waals surface area contributed by atoms with Crippen molar-refractivity contribution in [1.29, 1.82) is 0 Å². The molecule has 0 saturated carbocycles. The normalized spacial score (nSPS) is 13.5. The Bertz CT molecular complexity index is 1420. The number of hydrogen-bond acceptors (Lipinski definition) is 11. The molecule has 0 aromatic carbocycles. The summed E-state index contributed by atoms with van der Waals surface area (Å²) in [4.78, 5) is 13.0. The maximum Gasteiger partial charge on any atom is 0.240 e. The summed E-state index contributed by atoms with van der Waals surface area (Å²) in [6.07, 6.45) is 3.46. The minimum Gasteiger partial charge on any atom is -0.481 e. The van der Waals surface area contributed by atoms with Crippen molar-refractivity contribution in [2.45, 2.75) is 51.7 Å². The molecule has 1 N–H and O–H groups in total. The quantitative estimate of drug-likeness (QED) is 0.305. The van der Waals surface area contributed by atoms with Crippen molar-refractivity contribution < 1.29 is 22.4 Å². The average Bonchev–Trinajstić information content (AvgIpc) is 3.53. The Morgan fingerprint density at radius 2 is 1.86 bits per heavy atom. The molecule has 0 amide bonds. The molecule has 0 radical (unpaired) electrons. The molecule has 4 heterocycles. The number of pyridine rings is 1. The summed E-state index contributed by atoms with van der Waals surface area (Å²) < 4.78 is 47.3. The number of sulfonamides is 1. The van der Waals surface area contributed by atoms with Gasteiger partial charge < -0.3 is 14.0 Å². The molecular formula is C23H28N8O5S. The van der Waals surface area contributed by atoms with E-state index in [1.807, 2.05) is 20.8 Å². The van der Waals surface area contributed by atoms with Gasteiger partial charge in [0.2, 0.25) is 21.9 Å². The van der Waals surface area contributed by atoms with Crippen LogP contribution in [0.25, 0.3) is 11.5 Å². The van der Waals surface area contributed by atoms with Crippen LogP contribution in [0.2, 0.25) is 0 Å². The Hall–Kier alpha value is -3.91. The van der Waals surface area contributed by atoms with Gasteiger partial charge in [-0.3, -0.25) is 9.29 Å². The molecule has 4 rings (SSSR count). The van der Waals surface area contributed by atoms with Crippen molar-refractivity contribution in [3.05, 3.63) is 60.0 Å². The first-order valence-electron chi connectivity index (χ1n) is 11.5. The van der Waals surface area contributed by atoms with Gasteiger partial charge in [-0.25, -0.2) is 23.4 Å². The summed E-state index contributed by atoms with van der Waals surface area (Å²) in [5.74, 6) is 0.921. The number of aromatic nitrogens is 7. The number of ether oxygens (including phenoxy) is 2. The number of hydrogen-bond donors (Lipinski definition) is 1. The maximum absolute atomic E-state index is 13.6. The van der Waals surface area contributed by atoms with E-state index in [0.29, 0.717) is 23.1 Å². The second-order valence-corrected chi connectivity index (χ2v) is 10.6. The molecule has 0 aliphatic rings. The zero-order valence-electron chi connectivity index (χ0n) is 21.1. The topological polar surface area (TPSA) is 160 Å². The first-order valence-corrected chi connectivity index (χ1v) is 13.0. The van der Waals surface area contributed by atoms with Crippen molar-refractivity contribution in [1.82, 2.24) is 34.9 Å². The highest BCUT2D eigenvalue weighted by molar-refractivity contribution is 7.93. The Morgan fingerprint density at radius 3 is 2.51 bits per heavy atom. The molecule has 0 aliphatic carbocycles. The van der Waals surface area contributed by atoms with Crippen LogP contribution in [0.1, 0.15) is 44.0 Å². The third-order valence-corrected chi connectivity index (χ3v) is 7.04. The number of rotatable bonds is 11. The summed E-state index contributed by atoms with van der Waals surface area (Å²) in [6.45, 7) is 7.13. The average molecular weight is 529 g/mol. The highest BCUT2D eigenvalue weighted by atomic mass is 32.2. The molecule has 0 spiro atoms. The van der Waals surface area contributed by atoms with E-state index in [2.05, 4.69) is 35.0 Å². The highest BCUT2D eigenvalue weighted by Gasteiger charge is 2.35. The van der Waals surface area contributed by atoms with Gasteiger partial charge in [0.25, 0.3) is 0 Å². The van der Waals surface area contributed by atoms with E-state index in [0.717, 1.165) is 5.56 Å². The van der Waals surface area contributed by atoms with E-state index in [1.54, 1.807) is 41.2 Å². The van der Waals surface area contributed by atoms with Crippen LogP contribution in [-0.4, -0.2) is 61.8 Å². The monoisotopic (exact) mass is 528 g/mol. The Kier molecular flexibility index (Phi) is 7.78. The third-order valence-electron chi connectivity index (χ3n) is 5.35. The molecule has 14 heteroatoms. The van der Waals surface area contributed by atoms with Crippen molar-refractivity contribution in [3.63, 3.8) is 0 Å². The highest BCUT2D eigenvalue weighted by Crippen LogP contribution is 2.28. The molecular weight excluding hydrogens is 500 g/mol. The van der Waals surface area contributed by atoms with Crippen molar-refractivity contribution in [2.75, 3.05) is 11.8 Å². The van der Waals surface area contributed by atoms with Gasteiger partial charge in [-0.1, -0.05) is 11.2 Å². The second-order valence-electron chi connectivity index (χ2n) is 8.57. The smallest absolute Gasteiger partial charge is 0.240 e. The lowest BCUT2D eigenvalue weighted by atomic mass is 10.2. The van der Waals surface area contributed by atoms with E-state index in [9.17, 15) is 8.42 Å². The summed E-state index contributed by atoms with van der Waals surface area (Å²) >= 11 is 0. The first kappa shape index (κ1) is 26.2. The summed E-state index contributed by atoms with van der Waals surface area (Å²) in [6, 6.07) is 6.81. The van der Waals surface area contributed by atoms with Crippen LogP contribution in [0.4, 0.5) is 5.95 Å². The Balaban J connectivity index is 1.70. The summed E-state index contributed by atoms with van der Waals surface area (Å²) in [5, 5.41) is 11.2. The van der Waals surface area contributed by atoms with Crippen molar-refractivity contribution >= 4 is 16.0 Å². The lowest BCUT2D eigenvalue weighted by Gasteiger charge is -2.25. The van der Waals surface area contributed by atoms with Crippen LogP contribution in [0, 0.1) is 6.92 Å². The van der Waals surface area contributed by atoms with Crippen LogP contribution >= 0.6 is 0 Å². The minimum absolute atomic E-state index is 0.0254. The van der Waals surface area contributed by atoms with E-state index in [1.165, 1.54) is 20.3 Å². The number of methoxy groups -OCH3 is 1. The van der Waals surface area contributed by atoms with Crippen LogP contribution < -0.4 is 9.46 Å². The zero-order chi connectivity index (χ0) is 26.6. The fourth-order valence-corrected chi connectivity index (χ4v) is 4.56. The largest absolute Gasteiger partial charge is 0.481 e. The first-order chi connectivity index (χ1) is 17.7. The molecule has 37 heavy (non-hydrogen) atoms. The van der Waals surface area contributed by atoms with Crippen molar-refractivity contribution in [2.24, 2.45) is 0 Å². The molecule has 0 saturated heterocycles. The summed E-state index contributed by atoms with van der Waals surface area (Å²) in [7, 11) is -2.57. The van der Waals surface area contributed by atoms with Crippen LogP contribution in [0.3, 0.4) is 0 Å². The van der Waals surface area contributed by atoms with Gasteiger partial charge in [-0.2, -0.15) is 0 Å². The van der Waals surface area contributed by atoms with Gasteiger partial charge in [0.05, 0.1) is 19.8 Å². The Labute approximate surface area is 214 Å². The lowest BCUT2D eigenvalue weighted by Crippen LogP contribution is -2.35. The SMILES string of the molecule is COc1cccc(-c2nnc(NS(=O)(=O)[C@@H](C)[C@@H](OC(C)C)c3ncc(C)cn3)n2Cc2ccon2)n1. The molecule has 4 aromatic heterocycles. The maximum atomic E-state index is 13.6. The fraction of sp³-hybridized carbons (Fsp3) is 0.391. The predicted molar refractivity (Wildman–Crippen MR) is 133 cm³/mol. The van der Waals surface area contributed by atoms with E-state index >= 15 is 0 Å². The van der Waals surface area contributed by atoms with E-state index in [-0.39, 0.29) is 24.4 Å². The zero-order valence-corrected chi connectivity index (χ0v) is 21.9. The van der Waals surface area contributed by atoms with Crippen molar-refractivity contribution in [3.8, 4) is 17.4 Å². The molecule has 0 fully saturated rings. The van der Waals surface area contributed by atoms with Gasteiger partial charge in [0.15, 0.2) is 11.6 Å². The Morgan fingerprint density at radius 1 is 1.11 bits per heavy atom. The second kappa shape index (κ2) is 11.0. The van der Waals surface area contributed by atoms with E-state index < -0.39 is 21.4 Å². The van der Waals surface area contributed by atoms with Gasteiger partial charge in [-0.15, -0.1) is 10.2 Å². The van der Waals surface area contributed by atoms with Gasteiger partial charge >= 0.3 is 0 Å². The van der Waals surface area contributed by atoms with Gasteiger partial charge in [0, 0.05) is 24.5 Å². The lowest BCUT2D eigenvalue weighted by molar-refractivity contribution is 0.00152.